The maximum Gasteiger partial charge on any atom is 0.302 e. The molecule has 1 heterocycles. The second kappa shape index (κ2) is 10.3. The zero-order valence-electron chi connectivity index (χ0n) is 28.1. The summed E-state index contributed by atoms with van der Waals surface area (Å²) in [5.41, 5.74) is 2.00. The van der Waals surface area contributed by atoms with Crippen molar-refractivity contribution < 1.29 is 14.3 Å². The third-order valence-electron chi connectivity index (χ3n) is 15.3. The van der Waals surface area contributed by atoms with Crippen LogP contribution in [0, 0.1) is 56.7 Å². The van der Waals surface area contributed by atoms with Crippen LogP contribution in [0.25, 0.3) is 0 Å². The molecule has 0 aromatic carbocycles. The van der Waals surface area contributed by atoms with Crippen molar-refractivity contribution in [3.8, 4) is 0 Å². The molecule has 10 atom stereocenters. The molecule has 5 fully saturated rings. The van der Waals surface area contributed by atoms with Crippen LogP contribution in [0.2, 0.25) is 0 Å². The summed E-state index contributed by atoms with van der Waals surface area (Å²) in [4.78, 5) is 29.0. The van der Waals surface area contributed by atoms with Crippen LogP contribution in [-0.4, -0.2) is 49.1 Å². The number of fused-ring (bicyclic) bond motifs is 7. The van der Waals surface area contributed by atoms with E-state index < -0.39 is 0 Å². The van der Waals surface area contributed by atoms with Gasteiger partial charge in [0.15, 0.2) is 0 Å². The summed E-state index contributed by atoms with van der Waals surface area (Å²) in [6.45, 7) is 22.8. The molecular formula is C37H60N2O3. The van der Waals surface area contributed by atoms with Gasteiger partial charge in [0.25, 0.3) is 0 Å². The van der Waals surface area contributed by atoms with Crippen molar-refractivity contribution in [3.63, 3.8) is 0 Å². The highest BCUT2D eigenvalue weighted by Crippen LogP contribution is 2.76. The van der Waals surface area contributed by atoms with Gasteiger partial charge < -0.3 is 15.0 Å². The van der Waals surface area contributed by atoms with Gasteiger partial charge in [-0.3, -0.25) is 9.59 Å². The third-order valence-corrected chi connectivity index (χ3v) is 15.3. The number of hydrogen-bond acceptors (Lipinski definition) is 4. The summed E-state index contributed by atoms with van der Waals surface area (Å²) in [7, 11) is 0. The maximum absolute atomic E-state index is 14.7. The molecule has 5 nitrogen and oxygen atoms in total. The summed E-state index contributed by atoms with van der Waals surface area (Å²) in [5.74, 6) is 3.06. The fourth-order valence-electron chi connectivity index (χ4n) is 12.6. The first-order valence-electron chi connectivity index (χ1n) is 17.6. The number of rotatable bonds is 2. The lowest BCUT2D eigenvalue weighted by Crippen LogP contribution is -2.66. The largest absolute Gasteiger partial charge is 0.462 e. The second-order valence-corrected chi connectivity index (χ2v) is 17.2. The lowest BCUT2D eigenvalue weighted by Gasteiger charge is -2.71. The van der Waals surface area contributed by atoms with Crippen molar-refractivity contribution in [2.75, 3.05) is 26.2 Å². The number of nitrogens with zero attached hydrogens (tertiary/aromatic N) is 1. The van der Waals surface area contributed by atoms with Gasteiger partial charge in [0, 0.05) is 32.0 Å². The quantitative estimate of drug-likeness (QED) is 0.273. The van der Waals surface area contributed by atoms with Gasteiger partial charge in [0.05, 0.1) is 5.41 Å². The lowest BCUT2D eigenvalue weighted by atomic mass is 9.33. The lowest BCUT2D eigenvalue weighted by molar-refractivity contribution is -0.213. The molecule has 1 N–H and O–H groups in total. The fourth-order valence-corrected chi connectivity index (χ4v) is 12.6. The highest BCUT2D eigenvalue weighted by atomic mass is 16.5. The molecule has 6 aliphatic rings. The van der Waals surface area contributed by atoms with Crippen molar-refractivity contribution in [1.82, 2.24) is 10.2 Å². The number of carbonyl (C=O) groups excluding carboxylic acids is 2. The minimum atomic E-state index is -0.226. The first-order valence-corrected chi connectivity index (χ1v) is 17.6. The van der Waals surface area contributed by atoms with Crippen molar-refractivity contribution in [2.24, 2.45) is 56.7 Å². The zero-order valence-corrected chi connectivity index (χ0v) is 28.1. The standard InChI is InChI=1S/C37H60N2O3/c1-24-12-17-37(32(41)39-22-9-20-38-21-23-39)19-18-35(7)27(31(37)25(24)2)10-11-29-34(6)15-14-30(42-26(3)40)33(4,5)28(34)13-16-36(29,35)8/h10,24-25,28-31,38H,9,11-23H2,1-8H3/t24-,25+,28+,29-,30+,31+,34+,35-,36-,37+/m1/s1. The van der Waals surface area contributed by atoms with E-state index in [2.05, 4.69) is 64.8 Å². The molecule has 0 radical (unpaired) electrons. The van der Waals surface area contributed by atoms with Crippen LogP contribution in [0.15, 0.2) is 11.6 Å². The summed E-state index contributed by atoms with van der Waals surface area (Å²) in [5, 5.41) is 3.52. The van der Waals surface area contributed by atoms with E-state index in [4.69, 9.17) is 4.74 Å². The minimum Gasteiger partial charge on any atom is -0.462 e. The van der Waals surface area contributed by atoms with Crippen molar-refractivity contribution in [1.29, 1.82) is 0 Å². The molecule has 6 rings (SSSR count). The van der Waals surface area contributed by atoms with Crippen LogP contribution < -0.4 is 5.32 Å². The zero-order chi connectivity index (χ0) is 30.3. The minimum absolute atomic E-state index is 0.0165. The number of amides is 1. The monoisotopic (exact) mass is 580 g/mol. The molecule has 0 aromatic rings. The first kappa shape index (κ1) is 30.7. The van der Waals surface area contributed by atoms with E-state index in [9.17, 15) is 9.59 Å². The van der Waals surface area contributed by atoms with Gasteiger partial charge >= 0.3 is 5.97 Å². The molecule has 0 aromatic heterocycles. The average Bonchev–Trinajstić information content (AvgIpc) is 3.22. The number of hydrogen-bond donors (Lipinski definition) is 1. The topological polar surface area (TPSA) is 58.6 Å². The Morgan fingerprint density at radius 1 is 0.905 bits per heavy atom. The Hall–Kier alpha value is -1.36. The van der Waals surface area contributed by atoms with Gasteiger partial charge in [-0.1, -0.05) is 60.1 Å². The predicted molar refractivity (Wildman–Crippen MR) is 169 cm³/mol. The molecule has 5 aliphatic carbocycles. The number of nitrogens with one attached hydrogen (secondary N) is 1. The van der Waals surface area contributed by atoms with Gasteiger partial charge in [-0.25, -0.2) is 0 Å². The SMILES string of the molecule is CC(=O)O[C@H]1CC[C@]2(C)[C@H]3CC=C4[C@@H]5[C@@H](C)[C@H](C)CC[C@]5(C(=O)N5CCCNCC5)CC[C@@]4(C)[C@]3(C)CC[C@H]2C1(C)C. The summed E-state index contributed by atoms with van der Waals surface area (Å²) in [6.07, 6.45) is 13.9. The average molecular weight is 581 g/mol. The van der Waals surface area contributed by atoms with Crippen molar-refractivity contribution in [3.05, 3.63) is 11.6 Å². The highest BCUT2D eigenvalue weighted by Gasteiger charge is 2.69. The summed E-state index contributed by atoms with van der Waals surface area (Å²) < 4.78 is 5.95. The van der Waals surface area contributed by atoms with Crippen molar-refractivity contribution >= 4 is 11.9 Å². The van der Waals surface area contributed by atoms with E-state index in [1.54, 1.807) is 12.5 Å². The number of esters is 1. The number of carbonyl (C=O) groups is 2. The molecular weight excluding hydrogens is 520 g/mol. The van der Waals surface area contributed by atoms with Crippen molar-refractivity contribution in [2.45, 2.75) is 126 Å². The van der Waals surface area contributed by atoms with Crippen LogP contribution in [-0.2, 0) is 14.3 Å². The van der Waals surface area contributed by atoms with E-state index in [-0.39, 0.29) is 39.1 Å². The van der Waals surface area contributed by atoms with Gasteiger partial charge in [0.2, 0.25) is 5.91 Å². The highest BCUT2D eigenvalue weighted by molar-refractivity contribution is 5.84. The molecule has 0 bridgehead atoms. The fraction of sp³-hybridized carbons (Fsp3) is 0.892. The van der Waals surface area contributed by atoms with Gasteiger partial charge in [-0.15, -0.1) is 0 Å². The van der Waals surface area contributed by atoms with E-state index in [0.29, 0.717) is 35.5 Å². The Morgan fingerprint density at radius 3 is 2.40 bits per heavy atom. The summed E-state index contributed by atoms with van der Waals surface area (Å²) >= 11 is 0. The van der Waals surface area contributed by atoms with Crippen LogP contribution >= 0.6 is 0 Å². The van der Waals surface area contributed by atoms with E-state index in [1.165, 1.54) is 19.3 Å². The van der Waals surface area contributed by atoms with Crippen LogP contribution in [0.1, 0.15) is 120 Å². The molecule has 4 saturated carbocycles. The Bertz CT molecular complexity index is 1120. The molecule has 236 valence electrons. The predicted octanol–water partition coefficient (Wildman–Crippen LogP) is 7.40. The van der Waals surface area contributed by atoms with E-state index in [0.717, 1.165) is 71.1 Å². The van der Waals surface area contributed by atoms with Gasteiger partial charge in [-0.2, -0.15) is 0 Å². The maximum atomic E-state index is 14.7. The molecule has 1 aliphatic heterocycles. The van der Waals surface area contributed by atoms with Crippen LogP contribution in [0.3, 0.4) is 0 Å². The molecule has 0 spiro atoms. The van der Waals surface area contributed by atoms with E-state index in [1.807, 2.05) is 0 Å². The Morgan fingerprint density at radius 2 is 1.67 bits per heavy atom. The van der Waals surface area contributed by atoms with Gasteiger partial charge in [-0.05, 0) is 117 Å². The number of ether oxygens (including phenoxy) is 1. The molecule has 42 heavy (non-hydrogen) atoms. The number of allylic oxidation sites excluding steroid dienone is 2. The van der Waals surface area contributed by atoms with Crippen LogP contribution in [0.5, 0.6) is 0 Å². The third kappa shape index (κ3) is 4.17. The normalized spacial score (nSPS) is 48.4. The van der Waals surface area contributed by atoms with Crippen LogP contribution in [0.4, 0.5) is 0 Å². The Kier molecular flexibility index (Phi) is 7.55. The second-order valence-electron chi connectivity index (χ2n) is 17.2. The molecule has 1 saturated heterocycles. The van der Waals surface area contributed by atoms with E-state index >= 15 is 0 Å². The molecule has 1 amide bonds. The molecule has 5 heteroatoms. The molecule has 0 unspecified atom stereocenters. The smallest absolute Gasteiger partial charge is 0.302 e. The van der Waals surface area contributed by atoms with Gasteiger partial charge in [0.1, 0.15) is 6.10 Å². The summed E-state index contributed by atoms with van der Waals surface area (Å²) in [6, 6.07) is 0. The Labute approximate surface area is 256 Å². The first-order chi connectivity index (χ1) is 19.7. The Balaban J connectivity index is 1.38.